The molecule has 0 bridgehead atoms. The molecule has 6 heteroatoms. The first-order chi connectivity index (χ1) is 9.08. The Balaban J connectivity index is 2.08. The monoisotopic (exact) mass is 259 g/mol. The summed E-state index contributed by atoms with van der Waals surface area (Å²) in [5.74, 6) is -1.37. The molecule has 6 nitrogen and oxygen atoms in total. The number of nitrogens with zero attached hydrogens (tertiary/aromatic N) is 1. The number of nitrogens with one attached hydrogen (secondary N) is 1. The number of rotatable bonds is 2. The Morgan fingerprint density at radius 3 is 2.89 bits per heavy atom. The third-order valence-electron chi connectivity index (χ3n) is 3.81. The van der Waals surface area contributed by atoms with Gasteiger partial charge in [-0.25, -0.2) is 0 Å². The molecule has 0 amide bonds. The molecule has 3 rings (SSSR count). The zero-order chi connectivity index (χ0) is 13.6. The van der Waals surface area contributed by atoms with E-state index in [0.29, 0.717) is 12.1 Å². The number of aliphatic carboxylic acids is 1. The summed E-state index contributed by atoms with van der Waals surface area (Å²) < 4.78 is 0. The number of non-ortho nitro benzene ring substituents is 1. The van der Waals surface area contributed by atoms with Gasteiger partial charge in [-0.05, 0) is 24.0 Å². The third kappa shape index (κ3) is 1.76. The summed E-state index contributed by atoms with van der Waals surface area (Å²) in [6.45, 7) is 0. The molecule has 1 N–H and O–H groups in total. The van der Waals surface area contributed by atoms with Crippen LogP contribution < -0.4 is 10.4 Å². The van der Waals surface area contributed by atoms with E-state index in [4.69, 9.17) is 0 Å². The summed E-state index contributed by atoms with van der Waals surface area (Å²) in [5, 5.41) is 24.9. The molecule has 2 aliphatic rings. The maximum absolute atomic E-state index is 11.2. The topological polar surface area (TPSA) is 95.3 Å². The van der Waals surface area contributed by atoms with Gasteiger partial charge in [0.2, 0.25) is 0 Å². The Morgan fingerprint density at radius 2 is 2.21 bits per heavy atom. The average molecular weight is 259 g/mol. The highest BCUT2D eigenvalue weighted by Crippen LogP contribution is 2.45. The SMILES string of the molecule is O=C([O-])[C@@H]1Nc2ccc([N+](=O)[O-])cc2[C@@H]2C=CC[C@@H]12. The van der Waals surface area contributed by atoms with Gasteiger partial charge in [-0.2, -0.15) is 0 Å². The first-order valence-corrected chi connectivity index (χ1v) is 6.00. The molecule has 0 saturated heterocycles. The van der Waals surface area contributed by atoms with Crippen molar-refractivity contribution in [3.8, 4) is 0 Å². The van der Waals surface area contributed by atoms with Crippen LogP contribution in [0.25, 0.3) is 0 Å². The molecule has 1 aliphatic heterocycles. The van der Waals surface area contributed by atoms with Gasteiger partial charge in [-0.15, -0.1) is 0 Å². The van der Waals surface area contributed by atoms with E-state index in [-0.39, 0.29) is 17.5 Å². The van der Waals surface area contributed by atoms with Gasteiger partial charge in [0, 0.05) is 23.7 Å². The van der Waals surface area contributed by atoms with Gasteiger partial charge in [0.1, 0.15) is 0 Å². The first-order valence-electron chi connectivity index (χ1n) is 6.00. The largest absolute Gasteiger partial charge is 0.548 e. The number of carboxylic acid groups (broad SMARTS) is 1. The minimum atomic E-state index is -1.14. The summed E-state index contributed by atoms with van der Waals surface area (Å²) in [6, 6.07) is 3.69. The smallest absolute Gasteiger partial charge is 0.269 e. The van der Waals surface area contributed by atoms with Crippen molar-refractivity contribution in [2.24, 2.45) is 5.92 Å². The van der Waals surface area contributed by atoms with Crippen LogP contribution in [0.15, 0.2) is 30.4 Å². The Kier molecular flexibility index (Phi) is 2.51. The quantitative estimate of drug-likeness (QED) is 0.481. The lowest BCUT2D eigenvalue weighted by Gasteiger charge is -2.37. The second-order valence-electron chi connectivity index (χ2n) is 4.82. The Morgan fingerprint density at radius 1 is 1.42 bits per heavy atom. The van der Waals surface area contributed by atoms with Gasteiger partial charge in [-0.3, -0.25) is 10.1 Å². The minimum Gasteiger partial charge on any atom is -0.548 e. The summed E-state index contributed by atoms with van der Waals surface area (Å²) in [7, 11) is 0. The maximum Gasteiger partial charge on any atom is 0.269 e. The molecule has 1 aromatic carbocycles. The van der Waals surface area contributed by atoms with Crippen LogP contribution >= 0.6 is 0 Å². The van der Waals surface area contributed by atoms with Gasteiger partial charge in [0.05, 0.1) is 16.9 Å². The number of nitro groups is 1. The summed E-state index contributed by atoms with van der Waals surface area (Å²) in [5.41, 5.74) is 1.43. The predicted octanol–water partition coefficient (Wildman–Crippen LogP) is 0.798. The summed E-state index contributed by atoms with van der Waals surface area (Å²) in [4.78, 5) is 21.5. The molecular weight excluding hydrogens is 248 g/mol. The number of carboxylic acids is 1. The van der Waals surface area contributed by atoms with Crippen LogP contribution in [0, 0.1) is 16.0 Å². The number of fused-ring (bicyclic) bond motifs is 3. The standard InChI is InChI=1S/C13H12N2O4/c16-13(17)12-9-3-1-2-8(9)10-6-7(15(18)19)4-5-11(10)14-12/h1-2,4-6,8-9,12,14H,3H2,(H,16,17)/p-1/t8-,9-,12-/m1/s1. The second-order valence-corrected chi connectivity index (χ2v) is 4.82. The fourth-order valence-corrected chi connectivity index (χ4v) is 2.93. The molecule has 3 atom stereocenters. The molecule has 1 aromatic rings. The van der Waals surface area contributed by atoms with Gasteiger partial charge in [-0.1, -0.05) is 12.2 Å². The number of allylic oxidation sites excluding steroid dienone is 2. The normalized spacial score (nSPS) is 27.3. The molecular formula is C13H11N2O4-. The van der Waals surface area contributed by atoms with Crippen molar-refractivity contribution < 1.29 is 14.8 Å². The number of carbonyl (C=O) groups is 1. The number of anilines is 1. The molecule has 0 fully saturated rings. The molecule has 0 unspecified atom stereocenters. The van der Waals surface area contributed by atoms with Crippen LogP contribution in [0.3, 0.4) is 0 Å². The fraction of sp³-hybridized carbons (Fsp3) is 0.308. The van der Waals surface area contributed by atoms with Gasteiger partial charge < -0.3 is 15.2 Å². The Bertz CT molecular complexity index is 596. The molecule has 0 saturated carbocycles. The number of nitro benzene ring substituents is 1. The number of hydrogen-bond acceptors (Lipinski definition) is 5. The van der Waals surface area contributed by atoms with Gasteiger partial charge >= 0.3 is 0 Å². The lowest BCUT2D eigenvalue weighted by Crippen LogP contribution is -2.48. The Hall–Kier alpha value is -2.37. The lowest BCUT2D eigenvalue weighted by atomic mass is 9.79. The summed E-state index contributed by atoms with van der Waals surface area (Å²) in [6.07, 6.45) is 4.48. The van der Waals surface area contributed by atoms with E-state index in [1.165, 1.54) is 12.1 Å². The fourth-order valence-electron chi connectivity index (χ4n) is 2.93. The van der Waals surface area contributed by atoms with Crippen molar-refractivity contribution in [3.05, 3.63) is 46.0 Å². The lowest BCUT2D eigenvalue weighted by molar-refractivity contribution is -0.384. The zero-order valence-electron chi connectivity index (χ0n) is 9.91. The van der Waals surface area contributed by atoms with Crippen LogP contribution in [-0.2, 0) is 4.79 Å². The molecule has 1 heterocycles. The molecule has 19 heavy (non-hydrogen) atoms. The number of hydrogen-bond donors (Lipinski definition) is 1. The Labute approximate surface area is 108 Å². The van der Waals surface area contributed by atoms with Crippen molar-refractivity contribution in [2.45, 2.75) is 18.4 Å². The third-order valence-corrected chi connectivity index (χ3v) is 3.81. The van der Waals surface area contributed by atoms with Crippen molar-refractivity contribution in [3.63, 3.8) is 0 Å². The van der Waals surface area contributed by atoms with E-state index < -0.39 is 16.9 Å². The van der Waals surface area contributed by atoms with Gasteiger partial charge in [0.15, 0.2) is 0 Å². The van der Waals surface area contributed by atoms with Crippen LogP contribution in [0.2, 0.25) is 0 Å². The van der Waals surface area contributed by atoms with E-state index in [9.17, 15) is 20.0 Å². The van der Waals surface area contributed by atoms with Crippen molar-refractivity contribution in [2.75, 3.05) is 5.32 Å². The highest BCUT2D eigenvalue weighted by atomic mass is 16.6. The minimum absolute atomic E-state index is 0.0199. The highest BCUT2D eigenvalue weighted by Gasteiger charge is 2.38. The summed E-state index contributed by atoms with van der Waals surface area (Å²) >= 11 is 0. The molecule has 0 radical (unpaired) electrons. The van der Waals surface area contributed by atoms with E-state index in [0.717, 1.165) is 5.56 Å². The van der Waals surface area contributed by atoms with E-state index in [1.807, 2.05) is 12.2 Å². The van der Waals surface area contributed by atoms with E-state index in [2.05, 4.69) is 5.32 Å². The molecule has 98 valence electrons. The zero-order valence-corrected chi connectivity index (χ0v) is 9.91. The van der Waals surface area contributed by atoms with Crippen LogP contribution in [0.5, 0.6) is 0 Å². The van der Waals surface area contributed by atoms with Crippen molar-refractivity contribution in [1.82, 2.24) is 0 Å². The van der Waals surface area contributed by atoms with Crippen molar-refractivity contribution >= 4 is 17.3 Å². The van der Waals surface area contributed by atoms with Crippen LogP contribution in [0.4, 0.5) is 11.4 Å². The highest BCUT2D eigenvalue weighted by molar-refractivity contribution is 5.79. The number of benzene rings is 1. The maximum atomic E-state index is 11.2. The average Bonchev–Trinajstić information content (AvgIpc) is 2.86. The van der Waals surface area contributed by atoms with E-state index in [1.54, 1.807) is 6.07 Å². The van der Waals surface area contributed by atoms with Gasteiger partial charge in [0.25, 0.3) is 5.69 Å². The van der Waals surface area contributed by atoms with Crippen molar-refractivity contribution in [1.29, 1.82) is 0 Å². The first kappa shape index (κ1) is 11.7. The second kappa shape index (κ2) is 4.08. The molecule has 0 spiro atoms. The number of carbonyl (C=O) groups excluding carboxylic acids is 1. The molecule has 0 aromatic heterocycles. The van der Waals surface area contributed by atoms with E-state index >= 15 is 0 Å². The predicted molar refractivity (Wildman–Crippen MR) is 65.5 cm³/mol. The molecule has 1 aliphatic carbocycles. The van der Waals surface area contributed by atoms with Crippen LogP contribution in [0.1, 0.15) is 17.9 Å². The van der Waals surface area contributed by atoms with Crippen LogP contribution in [-0.4, -0.2) is 16.9 Å².